The molecule has 1 aliphatic heterocycles. The molecule has 6 heteroatoms. The Labute approximate surface area is 146 Å². The Hall–Kier alpha value is -2.63. The molecule has 1 amide bonds. The molecule has 0 unspecified atom stereocenters. The number of fused-ring (bicyclic) bond motifs is 1. The van der Waals surface area contributed by atoms with E-state index in [1.165, 1.54) is 0 Å². The van der Waals surface area contributed by atoms with Crippen molar-refractivity contribution in [3.05, 3.63) is 47.1 Å². The number of carbonyl (C=O) groups excluding carboxylic acids is 1. The van der Waals surface area contributed by atoms with E-state index >= 15 is 0 Å². The largest absolute Gasteiger partial charge is 0.360 e. The standard InChI is InChI=1S/C19H22N4O2/c1-3-17-18(12(2)22-25-17)19(24)23-9-5-6-13(11-23)15-10-16-14(21-15)7-4-8-20-16/h4,7-8,10,13,21H,3,5-6,9,11H2,1-2H3/t13-/m1/s1. The highest BCUT2D eigenvalue weighted by molar-refractivity contribution is 5.96. The first-order chi connectivity index (χ1) is 12.2. The third kappa shape index (κ3) is 2.81. The van der Waals surface area contributed by atoms with Crippen LogP contribution < -0.4 is 0 Å². The molecular weight excluding hydrogens is 316 g/mol. The van der Waals surface area contributed by atoms with Crippen molar-refractivity contribution < 1.29 is 9.32 Å². The van der Waals surface area contributed by atoms with Crippen LogP contribution in [-0.4, -0.2) is 39.0 Å². The maximum Gasteiger partial charge on any atom is 0.259 e. The van der Waals surface area contributed by atoms with E-state index in [-0.39, 0.29) is 5.91 Å². The first kappa shape index (κ1) is 15.9. The van der Waals surface area contributed by atoms with Gasteiger partial charge in [0.05, 0.1) is 16.7 Å². The summed E-state index contributed by atoms with van der Waals surface area (Å²) < 4.78 is 5.30. The first-order valence-corrected chi connectivity index (χ1v) is 8.85. The van der Waals surface area contributed by atoms with Gasteiger partial charge in [-0.1, -0.05) is 12.1 Å². The molecule has 4 rings (SSSR count). The second-order valence-electron chi connectivity index (χ2n) is 6.67. The second-order valence-corrected chi connectivity index (χ2v) is 6.67. The molecule has 1 N–H and O–H groups in total. The number of likely N-dealkylation sites (tertiary alicyclic amines) is 1. The summed E-state index contributed by atoms with van der Waals surface area (Å²) in [6, 6.07) is 6.07. The number of aryl methyl sites for hydroxylation is 2. The van der Waals surface area contributed by atoms with Crippen molar-refractivity contribution in [1.29, 1.82) is 0 Å². The zero-order valence-corrected chi connectivity index (χ0v) is 14.6. The maximum absolute atomic E-state index is 13.0. The number of amides is 1. The molecule has 4 heterocycles. The van der Waals surface area contributed by atoms with Crippen molar-refractivity contribution in [2.75, 3.05) is 13.1 Å². The van der Waals surface area contributed by atoms with E-state index in [1.54, 1.807) is 6.20 Å². The molecule has 1 aliphatic rings. The lowest BCUT2D eigenvalue weighted by atomic mass is 9.94. The van der Waals surface area contributed by atoms with Crippen LogP contribution in [0.2, 0.25) is 0 Å². The van der Waals surface area contributed by atoms with Crippen molar-refractivity contribution >= 4 is 16.9 Å². The minimum Gasteiger partial charge on any atom is -0.360 e. The average Bonchev–Trinajstić information content (AvgIpc) is 3.24. The lowest BCUT2D eigenvalue weighted by molar-refractivity contribution is 0.0703. The molecule has 0 radical (unpaired) electrons. The Kier molecular flexibility index (Phi) is 4.03. The third-order valence-electron chi connectivity index (χ3n) is 5.03. The number of aromatic nitrogens is 3. The van der Waals surface area contributed by atoms with Gasteiger partial charge in [-0.25, -0.2) is 0 Å². The Morgan fingerprint density at radius 3 is 3.16 bits per heavy atom. The van der Waals surface area contributed by atoms with Crippen LogP contribution in [-0.2, 0) is 6.42 Å². The topological polar surface area (TPSA) is 75.0 Å². The fraction of sp³-hybridized carbons (Fsp3) is 0.421. The summed E-state index contributed by atoms with van der Waals surface area (Å²) in [6.07, 6.45) is 4.54. The van der Waals surface area contributed by atoms with Gasteiger partial charge >= 0.3 is 0 Å². The van der Waals surface area contributed by atoms with Crippen molar-refractivity contribution in [3.8, 4) is 0 Å². The molecule has 1 atom stereocenters. The van der Waals surface area contributed by atoms with Gasteiger partial charge in [-0.2, -0.15) is 0 Å². The molecule has 0 aliphatic carbocycles. The smallest absolute Gasteiger partial charge is 0.259 e. The number of hydrogen-bond acceptors (Lipinski definition) is 4. The van der Waals surface area contributed by atoms with E-state index in [1.807, 2.05) is 30.9 Å². The Morgan fingerprint density at radius 1 is 1.48 bits per heavy atom. The highest BCUT2D eigenvalue weighted by Gasteiger charge is 2.30. The number of piperidine rings is 1. The number of hydrogen-bond donors (Lipinski definition) is 1. The number of H-pyrrole nitrogens is 1. The second kappa shape index (κ2) is 6.35. The van der Waals surface area contributed by atoms with Gasteiger partial charge in [-0.05, 0) is 38.0 Å². The highest BCUT2D eigenvalue weighted by atomic mass is 16.5. The van der Waals surface area contributed by atoms with Crippen LogP contribution >= 0.6 is 0 Å². The zero-order chi connectivity index (χ0) is 17.4. The maximum atomic E-state index is 13.0. The summed E-state index contributed by atoms with van der Waals surface area (Å²) in [4.78, 5) is 22.8. The van der Waals surface area contributed by atoms with E-state index in [0.29, 0.717) is 35.9 Å². The van der Waals surface area contributed by atoms with Gasteiger partial charge in [-0.3, -0.25) is 9.78 Å². The third-order valence-corrected chi connectivity index (χ3v) is 5.03. The van der Waals surface area contributed by atoms with Gasteiger partial charge in [0, 0.05) is 37.3 Å². The van der Waals surface area contributed by atoms with Crippen LogP contribution in [0.25, 0.3) is 11.0 Å². The lowest BCUT2D eigenvalue weighted by Crippen LogP contribution is -2.39. The minimum absolute atomic E-state index is 0.0366. The van der Waals surface area contributed by atoms with Crippen LogP contribution in [0.3, 0.4) is 0 Å². The molecule has 25 heavy (non-hydrogen) atoms. The number of aromatic amines is 1. The summed E-state index contributed by atoms with van der Waals surface area (Å²) in [5, 5.41) is 3.97. The van der Waals surface area contributed by atoms with Gasteiger partial charge in [0.1, 0.15) is 11.3 Å². The van der Waals surface area contributed by atoms with Gasteiger partial charge < -0.3 is 14.4 Å². The molecule has 1 saturated heterocycles. The van der Waals surface area contributed by atoms with Crippen molar-refractivity contribution in [1.82, 2.24) is 20.0 Å². The summed E-state index contributed by atoms with van der Waals surface area (Å²) in [5.74, 6) is 1.02. The predicted molar refractivity (Wildman–Crippen MR) is 94.6 cm³/mol. The number of carbonyl (C=O) groups is 1. The predicted octanol–water partition coefficient (Wildman–Crippen LogP) is 3.44. The fourth-order valence-corrected chi connectivity index (χ4v) is 3.70. The molecule has 1 fully saturated rings. The fourth-order valence-electron chi connectivity index (χ4n) is 3.70. The van der Waals surface area contributed by atoms with Crippen LogP contribution in [0, 0.1) is 6.92 Å². The molecule has 0 aromatic carbocycles. The molecular formula is C19H22N4O2. The van der Waals surface area contributed by atoms with Crippen molar-refractivity contribution in [3.63, 3.8) is 0 Å². The van der Waals surface area contributed by atoms with Gasteiger partial charge in [-0.15, -0.1) is 0 Å². The monoisotopic (exact) mass is 338 g/mol. The molecule has 3 aromatic rings. The Balaban J connectivity index is 1.58. The van der Waals surface area contributed by atoms with Gasteiger partial charge in [0.15, 0.2) is 0 Å². The van der Waals surface area contributed by atoms with Gasteiger partial charge in [0.2, 0.25) is 0 Å². The van der Waals surface area contributed by atoms with E-state index in [0.717, 1.165) is 36.1 Å². The SMILES string of the molecule is CCc1onc(C)c1C(=O)N1CCC[C@@H](c2cc3ncccc3[nH]2)C1. The minimum atomic E-state index is 0.0366. The lowest BCUT2D eigenvalue weighted by Gasteiger charge is -2.32. The molecule has 130 valence electrons. The number of pyridine rings is 1. The summed E-state index contributed by atoms with van der Waals surface area (Å²) in [6.45, 7) is 5.30. The number of nitrogens with one attached hydrogen (secondary N) is 1. The summed E-state index contributed by atoms with van der Waals surface area (Å²) in [5.41, 5.74) is 4.50. The Bertz CT molecular complexity index is 878. The van der Waals surface area contributed by atoms with Crippen molar-refractivity contribution in [2.45, 2.75) is 39.0 Å². The highest BCUT2D eigenvalue weighted by Crippen LogP contribution is 2.30. The zero-order valence-electron chi connectivity index (χ0n) is 14.6. The van der Waals surface area contributed by atoms with E-state index in [4.69, 9.17) is 4.52 Å². The Morgan fingerprint density at radius 2 is 2.36 bits per heavy atom. The van der Waals surface area contributed by atoms with E-state index in [9.17, 15) is 4.79 Å². The summed E-state index contributed by atoms with van der Waals surface area (Å²) >= 11 is 0. The number of nitrogens with zero attached hydrogens (tertiary/aromatic N) is 3. The van der Waals surface area contributed by atoms with Crippen molar-refractivity contribution in [2.24, 2.45) is 0 Å². The average molecular weight is 338 g/mol. The first-order valence-electron chi connectivity index (χ1n) is 8.85. The molecule has 6 nitrogen and oxygen atoms in total. The van der Waals surface area contributed by atoms with Crippen LogP contribution in [0.15, 0.2) is 28.9 Å². The van der Waals surface area contributed by atoms with E-state index in [2.05, 4.69) is 21.2 Å². The van der Waals surface area contributed by atoms with Crippen LogP contribution in [0.5, 0.6) is 0 Å². The summed E-state index contributed by atoms with van der Waals surface area (Å²) in [7, 11) is 0. The van der Waals surface area contributed by atoms with Crippen LogP contribution in [0.1, 0.15) is 53.2 Å². The van der Waals surface area contributed by atoms with E-state index < -0.39 is 0 Å². The normalized spacial score (nSPS) is 18.0. The van der Waals surface area contributed by atoms with Gasteiger partial charge in [0.25, 0.3) is 5.91 Å². The molecule has 3 aromatic heterocycles. The van der Waals surface area contributed by atoms with Crippen LogP contribution in [0.4, 0.5) is 0 Å². The number of rotatable bonds is 3. The molecule has 0 saturated carbocycles. The molecule has 0 bridgehead atoms. The quantitative estimate of drug-likeness (QED) is 0.794. The molecule has 0 spiro atoms.